The first-order valence-electron chi connectivity index (χ1n) is 7.91. The lowest BCUT2D eigenvalue weighted by atomic mass is 10.2. The Kier molecular flexibility index (Phi) is 4.65. The standard InChI is InChI=1S/C16H26N4/c1-17-11-14-5-4-6-15(18-14)12-19-10-7-16(13-19)20-8-2-3-9-20/h4-6,16-17H,2-3,7-13H2,1H3. The van der Waals surface area contributed by atoms with Crippen molar-refractivity contribution in [2.75, 3.05) is 33.2 Å². The number of rotatable bonds is 5. The van der Waals surface area contributed by atoms with E-state index in [-0.39, 0.29) is 0 Å². The molecule has 1 aromatic rings. The zero-order valence-electron chi connectivity index (χ0n) is 12.5. The first-order chi connectivity index (χ1) is 9.85. The van der Waals surface area contributed by atoms with Crippen molar-refractivity contribution in [3.63, 3.8) is 0 Å². The lowest BCUT2D eigenvalue weighted by Crippen LogP contribution is -2.35. The predicted octanol–water partition coefficient (Wildman–Crippen LogP) is 1.47. The van der Waals surface area contributed by atoms with E-state index < -0.39 is 0 Å². The first-order valence-corrected chi connectivity index (χ1v) is 7.91. The molecule has 4 heteroatoms. The van der Waals surface area contributed by atoms with Crippen LogP contribution in [0.5, 0.6) is 0 Å². The van der Waals surface area contributed by atoms with Gasteiger partial charge >= 0.3 is 0 Å². The van der Waals surface area contributed by atoms with Gasteiger partial charge in [-0.3, -0.25) is 14.8 Å². The number of pyridine rings is 1. The molecule has 1 atom stereocenters. The average Bonchev–Trinajstić information content (AvgIpc) is 3.10. The fourth-order valence-electron chi connectivity index (χ4n) is 3.49. The first kappa shape index (κ1) is 14.0. The molecule has 20 heavy (non-hydrogen) atoms. The zero-order valence-corrected chi connectivity index (χ0v) is 12.5. The highest BCUT2D eigenvalue weighted by molar-refractivity contribution is 5.11. The molecule has 3 rings (SSSR count). The van der Waals surface area contributed by atoms with E-state index in [2.05, 4.69) is 33.3 Å². The van der Waals surface area contributed by atoms with Gasteiger partial charge in [-0.2, -0.15) is 0 Å². The van der Waals surface area contributed by atoms with Crippen molar-refractivity contribution in [2.45, 2.75) is 38.4 Å². The lowest BCUT2D eigenvalue weighted by molar-refractivity contribution is 0.229. The molecule has 0 radical (unpaired) electrons. The SMILES string of the molecule is CNCc1cccc(CN2CCC(N3CCCC3)C2)n1. The molecule has 2 saturated heterocycles. The zero-order chi connectivity index (χ0) is 13.8. The van der Waals surface area contributed by atoms with Gasteiger partial charge in [0.05, 0.1) is 11.4 Å². The number of nitrogens with zero attached hydrogens (tertiary/aromatic N) is 3. The highest BCUT2D eigenvalue weighted by Crippen LogP contribution is 2.21. The second-order valence-electron chi connectivity index (χ2n) is 6.07. The number of aromatic nitrogens is 1. The molecule has 0 spiro atoms. The van der Waals surface area contributed by atoms with Gasteiger partial charge in [0.15, 0.2) is 0 Å². The maximum absolute atomic E-state index is 4.73. The van der Waals surface area contributed by atoms with E-state index in [4.69, 9.17) is 4.98 Å². The monoisotopic (exact) mass is 274 g/mol. The van der Waals surface area contributed by atoms with Crippen LogP contribution in [-0.2, 0) is 13.1 Å². The van der Waals surface area contributed by atoms with Crippen molar-refractivity contribution in [3.8, 4) is 0 Å². The van der Waals surface area contributed by atoms with Crippen molar-refractivity contribution < 1.29 is 0 Å². The molecular formula is C16H26N4. The molecule has 1 N–H and O–H groups in total. The van der Waals surface area contributed by atoms with Crippen LogP contribution in [0.2, 0.25) is 0 Å². The van der Waals surface area contributed by atoms with Gasteiger partial charge in [0.2, 0.25) is 0 Å². The molecule has 0 aliphatic carbocycles. The molecule has 0 aromatic carbocycles. The van der Waals surface area contributed by atoms with Gasteiger partial charge in [-0.25, -0.2) is 0 Å². The largest absolute Gasteiger partial charge is 0.314 e. The van der Waals surface area contributed by atoms with Crippen LogP contribution in [0.25, 0.3) is 0 Å². The van der Waals surface area contributed by atoms with Crippen LogP contribution < -0.4 is 5.32 Å². The Morgan fingerprint density at radius 1 is 1.20 bits per heavy atom. The van der Waals surface area contributed by atoms with Crippen LogP contribution in [-0.4, -0.2) is 54.1 Å². The molecule has 0 bridgehead atoms. The normalized spacial score (nSPS) is 24.6. The summed E-state index contributed by atoms with van der Waals surface area (Å²) < 4.78 is 0. The third kappa shape index (κ3) is 3.37. The fraction of sp³-hybridized carbons (Fsp3) is 0.688. The quantitative estimate of drug-likeness (QED) is 0.881. The molecule has 4 nitrogen and oxygen atoms in total. The summed E-state index contributed by atoms with van der Waals surface area (Å²) in [7, 11) is 1.97. The molecule has 1 aromatic heterocycles. The van der Waals surface area contributed by atoms with Crippen LogP contribution in [0.1, 0.15) is 30.7 Å². The Balaban J connectivity index is 1.54. The molecule has 0 saturated carbocycles. The van der Waals surface area contributed by atoms with Crippen molar-refractivity contribution in [1.82, 2.24) is 20.1 Å². The summed E-state index contributed by atoms with van der Waals surface area (Å²) in [6, 6.07) is 7.17. The van der Waals surface area contributed by atoms with Crippen molar-refractivity contribution in [1.29, 1.82) is 0 Å². The second kappa shape index (κ2) is 6.66. The van der Waals surface area contributed by atoms with Crippen LogP contribution >= 0.6 is 0 Å². The molecule has 2 aliphatic rings. The van der Waals surface area contributed by atoms with Crippen molar-refractivity contribution in [3.05, 3.63) is 29.6 Å². The Morgan fingerprint density at radius 2 is 2.00 bits per heavy atom. The summed E-state index contributed by atoms with van der Waals surface area (Å²) in [6.07, 6.45) is 4.12. The van der Waals surface area contributed by atoms with Crippen molar-refractivity contribution >= 4 is 0 Å². The van der Waals surface area contributed by atoms with Crippen LogP contribution in [0.3, 0.4) is 0 Å². The summed E-state index contributed by atoms with van der Waals surface area (Å²) in [5, 5.41) is 3.17. The van der Waals surface area contributed by atoms with Gasteiger partial charge in [-0.15, -0.1) is 0 Å². The van der Waals surface area contributed by atoms with Gasteiger partial charge in [0.25, 0.3) is 0 Å². The van der Waals surface area contributed by atoms with E-state index in [9.17, 15) is 0 Å². The Hall–Kier alpha value is -0.970. The molecular weight excluding hydrogens is 248 g/mol. The fourth-order valence-corrected chi connectivity index (χ4v) is 3.49. The summed E-state index contributed by atoms with van der Waals surface area (Å²) in [5.41, 5.74) is 2.35. The highest BCUT2D eigenvalue weighted by Gasteiger charge is 2.29. The molecule has 1 unspecified atom stereocenters. The van der Waals surface area contributed by atoms with E-state index in [1.54, 1.807) is 0 Å². The predicted molar refractivity (Wildman–Crippen MR) is 81.5 cm³/mol. The smallest absolute Gasteiger partial charge is 0.0547 e. The number of likely N-dealkylation sites (tertiary alicyclic amines) is 2. The maximum Gasteiger partial charge on any atom is 0.0547 e. The van der Waals surface area contributed by atoms with Crippen molar-refractivity contribution in [2.24, 2.45) is 0 Å². The van der Waals surface area contributed by atoms with Crippen LogP contribution in [0.15, 0.2) is 18.2 Å². The van der Waals surface area contributed by atoms with Gasteiger partial charge in [-0.05, 0) is 51.5 Å². The molecule has 0 amide bonds. The van der Waals surface area contributed by atoms with Crippen LogP contribution in [0.4, 0.5) is 0 Å². The van der Waals surface area contributed by atoms with Gasteiger partial charge < -0.3 is 5.32 Å². The Labute approximate surface area is 122 Å². The lowest BCUT2D eigenvalue weighted by Gasteiger charge is -2.23. The van der Waals surface area contributed by atoms with Gasteiger partial charge in [0.1, 0.15) is 0 Å². The third-order valence-electron chi connectivity index (χ3n) is 4.51. The number of nitrogens with one attached hydrogen (secondary N) is 1. The minimum Gasteiger partial charge on any atom is -0.314 e. The molecule has 3 heterocycles. The third-order valence-corrected chi connectivity index (χ3v) is 4.51. The van der Waals surface area contributed by atoms with E-state index in [1.165, 1.54) is 51.1 Å². The Bertz CT molecular complexity index is 428. The van der Waals surface area contributed by atoms with E-state index >= 15 is 0 Å². The summed E-state index contributed by atoms with van der Waals surface area (Å²) in [5.74, 6) is 0. The van der Waals surface area contributed by atoms with Crippen LogP contribution in [0, 0.1) is 0 Å². The summed E-state index contributed by atoms with van der Waals surface area (Å²) in [4.78, 5) is 9.98. The highest BCUT2D eigenvalue weighted by atomic mass is 15.3. The Morgan fingerprint density at radius 3 is 2.80 bits per heavy atom. The minimum absolute atomic E-state index is 0.790. The number of hydrogen-bond acceptors (Lipinski definition) is 4. The van der Waals surface area contributed by atoms with E-state index in [1.807, 2.05) is 7.05 Å². The molecule has 2 aliphatic heterocycles. The van der Waals surface area contributed by atoms with E-state index in [0.717, 1.165) is 24.8 Å². The average molecular weight is 274 g/mol. The minimum atomic E-state index is 0.790. The molecule has 110 valence electrons. The summed E-state index contributed by atoms with van der Waals surface area (Å²) >= 11 is 0. The summed E-state index contributed by atoms with van der Waals surface area (Å²) in [6.45, 7) is 6.92. The second-order valence-corrected chi connectivity index (χ2v) is 6.07. The van der Waals surface area contributed by atoms with Gasteiger partial charge in [-0.1, -0.05) is 6.07 Å². The molecule has 2 fully saturated rings. The van der Waals surface area contributed by atoms with E-state index in [0.29, 0.717) is 0 Å². The number of hydrogen-bond donors (Lipinski definition) is 1. The van der Waals surface area contributed by atoms with Gasteiger partial charge in [0, 0.05) is 32.2 Å². The topological polar surface area (TPSA) is 31.4 Å². The maximum atomic E-state index is 4.73.